The number of pyridine rings is 2. The molecule has 26 heavy (non-hydrogen) atoms. The molecule has 3 heterocycles. The third-order valence-corrected chi connectivity index (χ3v) is 5.05. The third kappa shape index (κ3) is 4.94. The highest BCUT2D eigenvalue weighted by atomic mass is 15.3. The molecule has 0 amide bonds. The number of piperazine rings is 1. The van der Waals surface area contributed by atoms with Crippen molar-refractivity contribution in [1.82, 2.24) is 15.3 Å². The second-order valence-corrected chi connectivity index (χ2v) is 7.07. The van der Waals surface area contributed by atoms with Gasteiger partial charge < -0.3 is 15.1 Å². The third-order valence-electron chi connectivity index (χ3n) is 5.05. The number of nitrogens with zero attached hydrogens (tertiary/aromatic N) is 4. The predicted octanol–water partition coefficient (Wildman–Crippen LogP) is 3.47. The zero-order valence-electron chi connectivity index (χ0n) is 16.1. The molecule has 0 radical (unpaired) electrons. The van der Waals surface area contributed by atoms with Gasteiger partial charge in [-0.15, -0.1) is 0 Å². The fourth-order valence-corrected chi connectivity index (χ4v) is 3.44. The molecule has 0 aliphatic carbocycles. The van der Waals surface area contributed by atoms with Gasteiger partial charge >= 0.3 is 0 Å². The Bertz CT molecular complexity index is 652. The molecule has 0 aromatic carbocycles. The highest BCUT2D eigenvalue weighted by Crippen LogP contribution is 2.21. The van der Waals surface area contributed by atoms with E-state index in [2.05, 4.69) is 52.1 Å². The lowest BCUT2D eigenvalue weighted by Gasteiger charge is -2.36. The van der Waals surface area contributed by atoms with Crippen molar-refractivity contribution in [2.75, 3.05) is 36.0 Å². The van der Waals surface area contributed by atoms with Crippen LogP contribution in [-0.2, 0) is 6.54 Å². The summed E-state index contributed by atoms with van der Waals surface area (Å²) in [5.74, 6) is 2.20. The van der Waals surface area contributed by atoms with Crippen LogP contribution >= 0.6 is 0 Å². The summed E-state index contributed by atoms with van der Waals surface area (Å²) >= 11 is 0. The molecule has 1 atom stereocenters. The number of unbranched alkanes of at least 4 members (excludes halogenated alkanes) is 1. The Labute approximate surface area is 157 Å². The summed E-state index contributed by atoms with van der Waals surface area (Å²) in [5, 5.41) is 3.66. The van der Waals surface area contributed by atoms with E-state index in [0.29, 0.717) is 6.04 Å². The maximum absolute atomic E-state index is 4.69. The number of hydrogen-bond acceptors (Lipinski definition) is 5. The summed E-state index contributed by atoms with van der Waals surface area (Å²) < 4.78 is 0. The minimum Gasteiger partial charge on any atom is -0.353 e. The fourth-order valence-electron chi connectivity index (χ4n) is 3.44. The van der Waals surface area contributed by atoms with Crippen molar-refractivity contribution < 1.29 is 0 Å². The van der Waals surface area contributed by atoms with Gasteiger partial charge in [0, 0.05) is 56.7 Å². The maximum Gasteiger partial charge on any atom is 0.133 e. The Balaban J connectivity index is 1.58. The van der Waals surface area contributed by atoms with Crippen molar-refractivity contribution >= 4 is 11.6 Å². The molecule has 2 aromatic rings. The van der Waals surface area contributed by atoms with E-state index in [1.54, 1.807) is 0 Å². The van der Waals surface area contributed by atoms with Crippen molar-refractivity contribution in [2.24, 2.45) is 0 Å². The molecule has 0 spiro atoms. The molecule has 1 saturated heterocycles. The van der Waals surface area contributed by atoms with Crippen LogP contribution in [0.4, 0.5) is 11.6 Å². The van der Waals surface area contributed by atoms with Gasteiger partial charge in [0.25, 0.3) is 0 Å². The van der Waals surface area contributed by atoms with Gasteiger partial charge in [-0.2, -0.15) is 0 Å². The van der Waals surface area contributed by atoms with Crippen LogP contribution < -0.4 is 15.1 Å². The van der Waals surface area contributed by atoms with Gasteiger partial charge in [-0.05, 0) is 31.5 Å². The first-order chi connectivity index (χ1) is 12.8. The molecular weight excluding hydrogens is 322 g/mol. The number of anilines is 2. The SMILES string of the molecule is CCCCC(C)NCc1cccnc1N1CCN(c2ccccn2)CC1. The molecule has 2 aromatic heterocycles. The molecule has 0 saturated carbocycles. The van der Waals surface area contributed by atoms with E-state index in [1.165, 1.54) is 24.8 Å². The molecule has 1 fully saturated rings. The summed E-state index contributed by atoms with van der Waals surface area (Å²) in [5.41, 5.74) is 1.29. The van der Waals surface area contributed by atoms with Crippen LogP contribution in [0.15, 0.2) is 42.7 Å². The van der Waals surface area contributed by atoms with Crippen molar-refractivity contribution in [3.05, 3.63) is 48.3 Å². The zero-order chi connectivity index (χ0) is 18.2. The molecule has 1 aliphatic heterocycles. The van der Waals surface area contributed by atoms with E-state index < -0.39 is 0 Å². The molecule has 5 heteroatoms. The Hall–Kier alpha value is -2.14. The lowest BCUT2D eigenvalue weighted by Crippen LogP contribution is -2.47. The summed E-state index contributed by atoms with van der Waals surface area (Å²) in [6.07, 6.45) is 7.54. The van der Waals surface area contributed by atoms with Gasteiger partial charge in [0.2, 0.25) is 0 Å². The Morgan fingerprint density at radius 1 is 1.00 bits per heavy atom. The van der Waals surface area contributed by atoms with Crippen LogP contribution in [0.3, 0.4) is 0 Å². The van der Waals surface area contributed by atoms with Crippen LogP contribution in [0.25, 0.3) is 0 Å². The van der Waals surface area contributed by atoms with Crippen LogP contribution in [0.5, 0.6) is 0 Å². The molecular formula is C21H31N5. The number of rotatable bonds is 8. The van der Waals surface area contributed by atoms with Crippen molar-refractivity contribution in [2.45, 2.75) is 45.7 Å². The summed E-state index contributed by atoms with van der Waals surface area (Å²) in [6.45, 7) is 9.32. The highest BCUT2D eigenvalue weighted by molar-refractivity contribution is 5.49. The Morgan fingerprint density at radius 2 is 1.77 bits per heavy atom. The van der Waals surface area contributed by atoms with E-state index in [1.807, 2.05) is 24.5 Å². The second-order valence-electron chi connectivity index (χ2n) is 7.07. The van der Waals surface area contributed by atoms with E-state index in [0.717, 1.165) is 44.4 Å². The van der Waals surface area contributed by atoms with Crippen LogP contribution in [0.1, 0.15) is 38.7 Å². The molecule has 3 rings (SSSR count). The molecule has 1 N–H and O–H groups in total. The molecule has 1 aliphatic rings. The number of nitrogens with one attached hydrogen (secondary N) is 1. The van der Waals surface area contributed by atoms with E-state index >= 15 is 0 Å². The quantitative estimate of drug-likeness (QED) is 0.787. The number of hydrogen-bond donors (Lipinski definition) is 1. The lowest BCUT2D eigenvalue weighted by molar-refractivity contribution is 0.494. The van der Waals surface area contributed by atoms with Gasteiger partial charge in [-0.1, -0.05) is 31.9 Å². The number of aromatic nitrogens is 2. The monoisotopic (exact) mass is 353 g/mol. The summed E-state index contributed by atoms with van der Waals surface area (Å²) in [6, 6.07) is 10.9. The Kier molecular flexibility index (Phi) is 6.83. The maximum atomic E-state index is 4.69. The first kappa shape index (κ1) is 18.6. The van der Waals surface area contributed by atoms with Gasteiger partial charge in [-0.3, -0.25) is 0 Å². The van der Waals surface area contributed by atoms with Crippen molar-refractivity contribution in [1.29, 1.82) is 0 Å². The van der Waals surface area contributed by atoms with Gasteiger partial charge in [0.15, 0.2) is 0 Å². The predicted molar refractivity (Wildman–Crippen MR) is 109 cm³/mol. The first-order valence-electron chi connectivity index (χ1n) is 9.86. The summed E-state index contributed by atoms with van der Waals surface area (Å²) in [4.78, 5) is 13.9. The minimum atomic E-state index is 0.545. The van der Waals surface area contributed by atoms with Gasteiger partial charge in [0.1, 0.15) is 11.6 Å². The largest absolute Gasteiger partial charge is 0.353 e. The summed E-state index contributed by atoms with van der Waals surface area (Å²) in [7, 11) is 0. The van der Waals surface area contributed by atoms with E-state index in [4.69, 9.17) is 4.98 Å². The normalized spacial score (nSPS) is 15.9. The van der Waals surface area contributed by atoms with Crippen molar-refractivity contribution in [3.8, 4) is 0 Å². The minimum absolute atomic E-state index is 0.545. The lowest BCUT2D eigenvalue weighted by atomic mass is 10.1. The van der Waals surface area contributed by atoms with Gasteiger partial charge in [0.05, 0.1) is 0 Å². The van der Waals surface area contributed by atoms with Crippen LogP contribution in [0, 0.1) is 0 Å². The second kappa shape index (κ2) is 9.53. The van der Waals surface area contributed by atoms with Gasteiger partial charge in [-0.25, -0.2) is 9.97 Å². The molecule has 0 bridgehead atoms. The van der Waals surface area contributed by atoms with E-state index in [-0.39, 0.29) is 0 Å². The standard InChI is InChI=1S/C21H31N5/c1-3-4-8-18(2)24-17-19-9-7-12-23-21(19)26-15-13-25(14-16-26)20-10-5-6-11-22-20/h5-7,9-12,18,24H,3-4,8,13-17H2,1-2H3. The highest BCUT2D eigenvalue weighted by Gasteiger charge is 2.20. The topological polar surface area (TPSA) is 44.3 Å². The van der Waals surface area contributed by atoms with Crippen molar-refractivity contribution in [3.63, 3.8) is 0 Å². The zero-order valence-corrected chi connectivity index (χ0v) is 16.1. The smallest absolute Gasteiger partial charge is 0.133 e. The van der Waals surface area contributed by atoms with Crippen LogP contribution in [-0.4, -0.2) is 42.2 Å². The molecule has 1 unspecified atom stereocenters. The first-order valence-corrected chi connectivity index (χ1v) is 9.86. The Morgan fingerprint density at radius 3 is 2.50 bits per heavy atom. The fraction of sp³-hybridized carbons (Fsp3) is 0.524. The average molecular weight is 354 g/mol. The van der Waals surface area contributed by atoms with Crippen LogP contribution in [0.2, 0.25) is 0 Å². The molecule has 140 valence electrons. The molecule has 5 nitrogen and oxygen atoms in total. The average Bonchev–Trinajstić information content (AvgIpc) is 2.72. The van der Waals surface area contributed by atoms with E-state index in [9.17, 15) is 0 Å².